The van der Waals surface area contributed by atoms with Crippen molar-refractivity contribution in [2.75, 3.05) is 5.32 Å². The highest BCUT2D eigenvalue weighted by atomic mass is 16.6. The van der Waals surface area contributed by atoms with Gasteiger partial charge in [-0.1, -0.05) is 6.07 Å². The summed E-state index contributed by atoms with van der Waals surface area (Å²) in [6.45, 7) is 0. The monoisotopic (exact) mass is 272 g/mol. The van der Waals surface area contributed by atoms with E-state index in [1.54, 1.807) is 12.1 Å². The number of rotatable bonds is 2. The lowest BCUT2D eigenvalue weighted by atomic mass is 10.1. The zero-order valence-corrected chi connectivity index (χ0v) is 9.99. The number of hydrogen-bond acceptors (Lipinski definition) is 5. The molecule has 0 atom stereocenters. The number of anilines is 2. The van der Waals surface area contributed by atoms with Crippen molar-refractivity contribution in [2.24, 2.45) is 0 Å². The first-order valence-corrected chi connectivity index (χ1v) is 5.66. The predicted molar refractivity (Wildman–Crippen MR) is 69.9 cm³/mol. The average molecular weight is 272 g/mol. The van der Waals surface area contributed by atoms with E-state index in [0.717, 1.165) is 0 Å². The third-order valence-corrected chi connectivity index (χ3v) is 2.91. The van der Waals surface area contributed by atoms with Gasteiger partial charge in [-0.25, -0.2) is 4.79 Å². The standard InChI is InChI=1S/C13H8N2O5/c16-13(17)8-2-1-3-10-12(8)14-9-5-4-7(15(18)19)6-11(9)20-10/h1-6,14H,(H,16,17). The van der Waals surface area contributed by atoms with Gasteiger partial charge in [-0.15, -0.1) is 0 Å². The fourth-order valence-electron chi connectivity index (χ4n) is 1.99. The smallest absolute Gasteiger partial charge is 0.337 e. The fourth-order valence-corrected chi connectivity index (χ4v) is 1.99. The van der Waals surface area contributed by atoms with Gasteiger partial charge in [0.25, 0.3) is 5.69 Å². The molecular weight excluding hydrogens is 264 g/mol. The molecule has 0 aromatic heterocycles. The predicted octanol–water partition coefficient (Wildman–Crippen LogP) is 3.14. The van der Waals surface area contributed by atoms with E-state index in [1.807, 2.05) is 0 Å². The lowest BCUT2D eigenvalue weighted by Crippen LogP contribution is -2.09. The summed E-state index contributed by atoms with van der Waals surface area (Å²) in [6, 6.07) is 8.69. The van der Waals surface area contributed by atoms with Crippen LogP contribution in [-0.2, 0) is 0 Å². The maximum atomic E-state index is 11.1. The first-order chi connectivity index (χ1) is 9.56. The minimum Gasteiger partial charge on any atom is -0.478 e. The van der Waals surface area contributed by atoms with Crippen LogP contribution in [-0.4, -0.2) is 16.0 Å². The molecule has 7 nitrogen and oxygen atoms in total. The Hall–Kier alpha value is -3.09. The second-order valence-corrected chi connectivity index (χ2v) is 4.15. The third kappa shape index (κ3) is 1.81. The minimum atomic E-state index is -1.08. The number of aromatic carboxylic acids is 1. The number of hydrogen-bond donors (Lipinski definition) is 2. The summed E-state index contributed by atoms with van der Waals surface area (Å²) in [5, 5.41) is 22.8. The molecule has 1 aliphatic heterocycles. The van der Waals surface area contributed by atoms with E-state index < -0.39 is 10.9 Å². The molecule has 1 heterocycles. The summed E-state index contributed by atoms with van der Waals surface area (Å²) in [4.78, 5) is 21.4. The van der Waals surface area contributed by atoms with Crippen molar-refractivity contribution in [3.8, 4) is 11.5 Å². The summed E-state index contributed by atoms with van der Waals surface area (Å²) >= 11 is 0. The zero-order chi connectivity index (χ0) is 14.3. The van der Waals surface area contributed by atoms with Gasteiger partial charge in [0.15, 0.2) is 11.5 Å². The van der Waals surface area contributed by atoms with Crippen LogP contribution in [0, 0.1) is 10.1 Å². The topological polar surface area (TPSA) is 102 Å². The van der Waals surface area contributed by atoms with Crippen molar-refractivity contribution in [3.63, 3.8) is 0 Å². The van der Waals surface area contributed by atoms with Crippen LogP contribution in [0.1, 0.15) is 10.4 Å². The molecule has 20 heavy (non-hydrogen) atoms. The highest BCUT2D eigenvalue weighted by molar-refractivity contribution is 5.98. The molecule has 3 rings (SSSR count). The van der Waals surface area contributed by atoms with Gasteiger partial charge in [0.1, 0.15) is 0 Å². The summed E-state index contributed by atoms with van der Waals surface area (Å²) in [7, 11) is 0. The molecule has 100 valence electrons. The second kappa shape index (κ2) is 4.23. The molecule has 0 radical (unpaired) electrons. The van der Waals surface area contributed by atoms with E-state index >= 15 is 0 Å². The molecule has 7 heteroatoms. The van der Waals surface area contributed by atoms with Crippen molar-refractivity contribution >= 4 is 23.0 Å². The fraction of sp³-hybridized carbons (Fsp3) is 0. The number of nitro groups is 1. The van der Waals surface area contributed by atoms with Crippen molar-refractivity contribution < 1.29 is 19.6 Å². The number of para-hydroxylation sites is 1. The number of fused-ring (bicyclic) bond motifs is 2. The Bertz CT molecular complexity index is 742. The van der Waals surface area contributed by atoms with Gasteiger partial charge in [0, 0.05) is 6.07 Å². The first-order valence-electron chi connectivity index (χ1n) is 5.66. The minimum absolute atomic E-state index is 0.0755. The highest BCUT2D eigenvalue weighted by Gasteiger charge is 2.23. The van der Waals surface area contributed by atoms with Crippen LogP contribution >= 0.6 is 0 Å². The van der Waals surface area contributed by atoms with Gasteiger partial charge in [0.05, 0.1) is 27.9 Å². The number of carboxylic acids is 1. The Morgan fingerprint density at radius 2 is 2.05 bits per heavy atom. The van der Waals surface area contributed by atoms with E-state index in [0.29, 0.717) is 17.1 Å². The average Bonchev–Trinajstić information content (AvgIpc) is 2.43. The number of non-ortho nitro benzene ring substituents is 1. The van der Waals surface area contributed by atoms with Crippen LogP contribution in [0.3, 0.4) is 0 Å². The van der Waals surface area contributed by atoms with Gasteiger partial charge in [-0.05, 0) is 18.2 Å². The molecule has 2 aromatic carbocycles. The van der Waals surface area contributed by atoms with Crippen molar-refractivity contribution in [2.45, 2.75) is 0 Å². The van der Waals surface area contributed by atoms with Gasteiger partial charge in [-0.2, -0.15) is 0 Å². The molecule has 0 saturated heterocycles. The van der Waals surface area contributed by atoms with Crippen molar-refractivity contribution in [3.05, 3.63) is 52.1 Å². The lowest BCUT2D eigenvalue weighted by molar-refractivity contribution is -0.384. The Labute approximate surface area is 112 Å². The van der Waals surface area contributed by atoms with Gasteiger partial charge >= 0.3 is 5.97 Å². The van der Waals surface area contributed by atoms with Gasteiger partial charge < -0.3 is 15.2 Å². The summed E-state index contributed by atoms with van der Waals surface area (Å²) in [5.41, 5.74) is 0.799. The molecule has 2 aromatic rings. The Morgan fingerprint density at radius 1 is 1.25 bits per heavy atom. The molecule has 0 unspecified atom stereocenters. The molecule has 2 N–H and O–H groups in total. The summed E-state index contributed by atoms with van der Waals surface area (Å²) in [5.74, 6) is -0.476. The second-order valence-electron chi connectivity index (χ2n) is 4.15. The molecule has 0 spiro atoms. The molecule has 0 aliphatic carbocycles. The highest BCUT2D eigenvalue weighted by Crippen LogP contribution is 2.44. The number of carbonyl (C=O) groups is 1. The van der Waals surface area contributed by atoms with Crippen LogP contribution in [0.15, 0.2) is 36.4 Å². The van der Waals surface area contributed by atoms with E-state index in [4.69, 9.17) is 9.84 Å². The molecule has 1 aliphatic rings. The van der Waals surface area contributed by atoms with Crippen LogP contribution in [0.2, 0.25) is 0 Å². The zero-order valence-electron chi connectivity index (χ0n) is 9.99. The summed E-state index contributed by atoms with van der Waals surface area (Å²) in [6.07, 6.45) is 0. The van der Waals surface area contributed by atoms with E-state index in [1.165, 1.54) is 24.3 Å². The van der Waals surface area contributed by atoms with Gasteiger partial charge in [0.2, 0.25) is 0 Å². The van der Waals surface area contributed by atoms with Gasteiger partial charge in [-0.3, -0.25) is 10.1 Å². The third-order valence-electron chi connectivity index (χ3n) is 2.91. The number of nitrogens with one attached hydrogen (secondary N) is 1. The molecular formula is C13H8N2O5. The van der Waals surface area contributed by atoms with Crippen molar-refractivity contribution in [1.82, 2.24) is 0 Å². The van der Waals surface area contributed by atoms with Crippen LogP contribution < -0.4 is 10.1 Å². The van der Waals surface area contributed by atoms with Crippen LogP contribution in [0.25, 0.3) is 0 Å². The number of nitrogens with zero attached hydrogens (tertiary/aromatic N) is 1. The van der Waals surface area contributed by atoms with E-state index in [-0.39, 0.29) is 17.0 Å². The van der Waals surface area contributed by atoms with E-state index in [9.17, 15) is 14.9 Å². The number of benzene rings is 2. The number of nitro benzene ring substituents is 1. The number of ether oxygens (including phenoxy) is 1. The number of carboxylic acid groups (broad SMARTS) is 1. The maximum absolute atomic E-state index is 11.1. The quantitative estimate of drug-likeness (QED) is 0.548. The molecule has 0 bridgehead atoms. The van der Waals surface area contributed by atoms with E-state index in [2.05, 4.69) is 5.32 Å². The largest absolute Gasteiger partial charge is 0.478 e. The first kappa shape index (κ1) is 12.0. The lowest BCUT2D eigenvalue weighted by Gasteiger charge is -2.22. The summed E-state index contributed by atoms with van der Waals surface area (Å²) < 4.78 is 5.53. The molecule has 0 fully saturated rings. The van der Waals surface area contributed by atoms with Crippen LogP contribution in [0.4, 0.5) is 17.1 Å². The normalized spacial score (nSPS) is 11.6. The Morgan fingerprint density at radius 3 is 2.75 bits per heavy atom. The molecule has 0 saturated carbocycles. The maximum Gasteiger partial charge on any atom is 0.337 e. The Kier molecular flexibility index (Phi) is 2.53. The SMILES string of the molecule is O=C(O)c1cccc2c1Nc1ccc([N+](=O)[O-])cc1O2. The Balaban J connectivity index is 2.08. The van der Waals surface area contributed by atoms with Crippen molar-refractivity contribution in [1.29, 1.82) is 0 Å². The van der Waals surface area contributed by atoms with Crippen LogP contribution in [0.5, 0.6) is 11.5 Å². The molecule has 0 amide bonds.